The Balaban J connectivity index is 1.81. The van der Waals surface area contributed by atoms with Crippen LogP contribution in [0, 0.1) is 6.92 Å². The summed E-state index contributed by atoms with van der Waals surface area (Å²) in [6, 6.07) is 8.15. The fourth-order valence-corrected chi connectivity index (χ4v) is 3.30. The number of carbonyl (C=O) groups excluding carboxylic acids is 1. The molecular formula is C18H19NO4. The summed E-state index contributed by atoms with van der Waals surface area (Å²) >= 11 is 0. The number of benzene rings is 1. The van der Waals surface area contributed by atoms with Crippen molar-refractivity contribution in [3.05, 3.63) is 58.5 Å². The smallest absolute Gasteiger partial charge is 0.311 e. The molecule has 3 rings (SSSR count). The number of hydrogen-bond acceptors (Lipinski definition) is 3. The molecule has 5 nitrogen and oxygen atoms in total. The van der Waals surface area contributed by atoms with E-state index in [1.165, 1.54) is 17.4 Å². The van der Waals surface area contributed by atoms with Gasteiger partial charge in [-0.05, 0) is 37.8 Å². The highest BCUT2D eigenvalue weighted by atomic mass is 16.4. The largest absolute Gasteiger partial charge is 0.481 e. The average molecular weight is 313 g/mol. The molecule has 1 aliphatic carbocycles. The minimum absolute atomic E-state index is 0.201. The van der Waals surface area contributed by atoms with Gasteiger partial charge in [0.2, 0.25) is 0 Å². The van der Waals surface area contributed by atoms with E-state index in [2.05, 4.69) is 17.4 Å². The van der Waals surface area contributed by atoms with Crippen molar-refractivity contribution in [3.63, 3.8) is 0 Å². The van der Waals surface area contributed by atoms with E-state index >= 15 is 0 Å². The highest BCUT2D eigenvalue weighted by Crippen LogP contribution is 2.30. The van der Waals surface area contributed by atoms with Crippen molar-refractivity contribution in [2.45, 2.75) is 38.6 Å². The van der Waals surface area contributed by atoms with Crippen LogP contribution in [-0.4, -0.2) is 22.5 Å². The number of amides is 1. The highest BCUT2D eigenvalue weighted by molar-refractivity contribution is 5.98. The topological polar surface area (TPSA) is 79.5 Å². The first kappa shape index (κ1) is 15.3. The summed E-state index contributed by atoms with van der Waals surface area (Å²) in [5, 5.41) is 12.0. The molecule has 2 aromatic rings. The van der Waals surface area contributed by atoms with Gasteiger partial charge in [0, 0.05) is 11.1 Å². The molecule has 0 atom stereocenters. The van der Waals surface area contributed by atoms with E-state index < -0.39 is 5.97 Å². The molecule has 120 valence electrons. The summed E-state index contributed by atoms with van der Waals surface area (Å²) in [6.07, 6.45) is 2.66. The van der Waals surface area contributed by atoms with Crippen molar-refractivity contribution in [2.24, 2.45) is 0 Å². The molecule has 1 heterocycles. The third-order valence-electron chi connectivity index (χ3n) is 4.28. The molecule has 2 N–H and O–H groups in total. The van der Waals surface area contributed by atoms with Gasteiger partial charge in [0.05, 0.1) is 11.8 Å². The summed E-state index contributed by atoms with van der Waals surface area (Å²) in [5.41, 5.74) is 3.10. The Kier molecular flexibility index (Phi) is 3.72. The van der Waals surface area contributed by atoms with Crippen molar-refractivity contribution in [1.29, 1.82) is 0 Å². The van der Waals surface area contributed by atoms with Crippen molar-refractivity contribution >= 4 is 11.9 Å². The van der Waals surface area contributed by atoms with Crippen LogP contribution >= 0.6 is 0 Å². The van der Waals surface area contributed by atoms with E-state index in [4.69, 9.17) is 9.52 Å². The Morgan fingerprint density at radius 1 is 1.26 bits per heavy atom. The molecule has 0 aliphatic heterocycles. The number of fused-ring (bicyclic) bond motifs is 1. The number of nitrogens with one attached hydrogen (secondary N) is 1. The van der Waals surface area contributed by atoms with Crippen molar-refractivity contribution in [1.82, 2.24) is 5.32 Å². The van der Waals surface area contributed by atoms with Gasteiger partial charge in [-0.3, -0.25) is 9.59 Å². The van der Waals surface area contributed by atoms with E-state index in [1.54, 1.807) is 6.92 Å². The zero-order valence-electron chi connectivity index (χ0n) is 13.2. The van der Waals surface area contributed by atoms with Crippen LogP contribution in [0.25, 0.3) is 0 Å². The maximum Gasteiger partial charge on any atom is 0.311 e. The minimum atomic E-state index is -1.02. The summed E-state index contributed by atoms with van der Waals surface area (Å²) < 4.78 is 5.24. The van der Waals surface area contributed by atoms with E-state index in [0.717, 1.165) is 12.8 Å². The zero-order valence-corrected chi connectivity index (χ0v) is 13.2. The SMILES string of the molecule is Cc1coc(CC(=O)O)c1C(=O)NC1(C)Cc2ccccc2C1. The minimum Gasteiger partial charge on any atom is -0.481 e. The molecule has 0 bridgehead atoms. The van der Waals surface area contributed by atoms with Crippen LogP contribution in [0.3, 0.4) is 0 Å². The molecule has 23 heavy (non-hydrogen) atoms. The predicted molar refractivity (Wildman–Crippen MR) is 84.5 cm³/mol. The molecule has 1 aromatic heterocycles. The lowest BCUT2D eigenvalue weighted by Crippen LogP contribution is -2.47. The first-order valence-electron chi connectivity index (χ1n) is 7.56. The van der Waals surface area contributed by atoms with Gasteiger partial charge in [0.25, 0.3) is 5.91 Å². The lowest BCUT2D eigenvalue weighted by Gasteiger charge is -2.25. The quantitative estimate of drug-likeness (QED) is 0.909. The lowest BCUT2D eigenvalue weighted by molar-refractivity contribution is -0.136. The molecule has 0 unspecified atom stereocenters. The molecule has 0 fully saturated rings. The van der Waals surface area contributed by atoms with Crippen LogP contribution in [0.1, 0.15) is 39.7 Å². The van der Waals surface area contributed by atoms with Crippen LogP contribution < -0.4 is 5.32 Å². The number of carboxylic acids is 1. The molecule has 1 aliphatic rings. The Labute approximate surface area is 134 Å². The van der Waals surface area contributed by atoms with E-state index in [-0.39, 0.29) is 23.6 Å². The van der Waals surface area contributed by atoms with E-state index in [1.807, 2.05) is 19.1 Å². The molecule has 0 radical (unpaired) electrons. The zero-order chi connectivity index (χ0) is 16.6. The second-order valence-corrected chi connectivity index (χ2v) is 6.42. The molecule has 5 heteroatoms. The Morgan fingerprint density at radius 3 is 2.43 bits per heavy atom. The second-order valence-electron chi connectivity index (χ2n) is 6.42. The highest BCUT2D eigenvalue weighted by Gasteiger charge is 2.35. The molecule has 0 saturated heterocycles. The van der Waals surface area contributed by atoms with Gasteiger partial charge in [-0.1, -0.05) is 24.3 Å². The summed E-state index contributed by atoms with van der Waals surface area (Å²) in [5.74, 6) is -1.10. The number of aliphatic carboxylic acids is 1. The molecular weight excluding hydrogens is 294 g/mol. The van der Waals surface area contributed by atoms with Gasteiger partial charge in [0.15, 0.2) is 0 Å². The monoisotopic (exact) mass is 313 g/mol. The number of carboxylic acid groups (broad SMARTS) is 1. The van der Waals surface area contributed by atoms with Gasteiger partial charge >= 0.3 is 5.97 Å². The average Bonchev–Trinajstić information content (AvgIpc) is 2.97. The van der Waals surface area contributed by atoms with Crippen LogP contribution in [-0.2, 0) is 24.1 Å². The number of hydrogen-bond donors (Lipinski definition) is 2. The Hall–Kier alpha value is -2.56. The fraction of sp³-hybridized carbons (Fsp3) is 0.333. The van der Waals surface area contributed by atoms with Gasteiger partial charge in [-0.15, -0.1) is 0 Å². The van der Waals surface area contributed by atoms with Crippen molar-refractivity contribution < 1.29 is 19.1 Å². The molecule has 1 aromatic carbocycles. The van der Waals surface area contributed by atoms with Gasteiger partial charge in [-0.25, -0.2) is 0 Å². The van der Waals surface area contributed by atoms with Gasteiger partial charge < -0.3 is 14.8 Å². The first-order chi connectivity index (χ1) is 10.9. The third kappa shape index (κ3) is 2.99. The fourth-order valence-electron chi connectivity index (χ4n) is 3.30. The van der Waals surface area contributed by atoms with Gasteiger partial charge in [0.1, 0.15) is 12.2 Å². The van der Waals surface area contributed by atoms with E-state index in [9.17, 15) is 9.59 Å². The first-order valence-corrected chi connectivity index (χ1v) is 7.56. The van der Waals surface area contributed by atoms with Crippen molar-refractivity contribution in [3.8, 4) is 0 Å². The van der Waals surface area contributed by atoms with Crippen LogP contribution in [0.5, 0.6) is 0 Å². The summed E-state index contributed by atoms with van der Waals surface area (Å²) in [7, 11) is 0. The van der Waals surface area contributed by atoms with Crippen molar-refractivity contribution in [2.75, 3.05) is 0 Å². The summed E-state index contributed by atoms with van der Waals surface area (Å²) in [6.45, 7) is 3.76. The maximum atomic E-state index is 12.7. The molecule has 1 amide bonds. The lowest BCUT2D eigenvalue weighted by atomic mass is 9.97. The Bertz CT molecular complexity index is 750. The number of rotatable bonds is 4. The number of aryl methyl sites for hydroxylation is 1. The third-order valence-corrected chi connectivity index (χ3v) is 4.28. The van der Waals surface area contributed by atoms with E-state index in [0.29, 0.717) is 11.1 Å². The maximum absolute atomic E-state index is 12.7. The second kappa shape index (κ2) is 5.57. The van der Waals surface area contributed by atoms with Gasteiger partial charge in [-0.2, -0.15) is 0 Å². The standard InChI is InChI=1S/C18H19NO4/c1-11-10-23-14(7-15(20)21)16(11)17(22)19-18(2)8-12-5-3-4-6-13(12)9-18/h3-6,10H,7-9H2,1-2H3,(H,19,22)(H,20,21). The number of furan rings is 1. The summed E-state index contributed by atoms with van der Waals surface area (Å²) in [4.78, 5) is 23.6. The normalized spacial score (nSPS) is 15.2. The van der Waals surface area contributed by atoms with Crippen LogP contribution in [0.4, 0.5) is 0 Å². The number of carbonyl (C=O) groups is 2. The molecule has 0 spiro atoms. The molecule has 0 saturated carbocycles. The van der Waals surface area contributed by atoms with Crippen LogP contribution in [0.15, 0.2) is 34.9 Å². The predicted octanol–water partition coefficient (Wildman–Crippen LogP) is 2.50. The Morgan fingerprint density at radius 2 is 1.87 bits per heavy atom. The van der Waals surface area contributed by atoms with Crippen LogP contribution in [0.2, 0.25) is 0 Å².